The number of fused-ring (bicyclic) bond motifs is 2. The van der Waals surface area contributed by atoms with Crippen molar-refractivity contribution in [3.05, 3.63) is 93.0 Å². The first-order chi connectivity index (χ1) is 17.3. The largest absolute Gasteiger partial charge is 0.486 e. The van der Waals surface area contributed by atoms with Crippen LogP contribution in [-0.4, -0.2) is 41.6 Å². The molecule has 0 fully saturated rings. The van der Waals surface area contributed by atoms with Gasteiger partial charge in [0.1, 0.15) is 13.2 Å². The highest BCUT2D eigenvalue weighted by molar-refractivity contribution is 5.94. The van der Waals surface area contributed by atoms with Gasteiger partial charge in [-0.05, 0) is 90.4 Å². The Kier molecular flexibility index (Phi) is 6.44. The number of benzene rings is 3. The first-order valence-corrected chi connectivity index (χ1v) is 12.4. The van der Waals surface area contributed by atoms with Gasteiger partial charge in [0.25, 0.3) is 5.91 Å². The van der Waals surface area contributed by atoms with E-state index in [0.717, 1.165) is 34.2 Å². The molecule has 186 valence electrons. The standard InChI is InChI=1S/C30H31NO5/c1-18-4-5-23(12-19(18)2)30(34)31-9-8-21-6-7-22(14-24(21)17-31)26(16-29(32)33)25-15-28-27(13-20(25)3)35-10-11-36-28/h4-7,12-15,26H,8-11,16-17H2,1-3H3,(H,32,33)/t26-/m0/s1. The Bertz CT molecular complexity index is 1350. The zero-order valence-electron chi connectivity index (χ0n) is 21.0. The third-order valence-electron chi connectivity index (χ3n) is 7.37. The molecule has 6 heteroatoms. The maximum atomic E-state index is 13.3. The Hall–Kier alpha value is -3.80. The van der Waals surface area contributed by atoms with Crippen LogP contribution in [0.25, 0.3) is 0 Å². The molecule has 0 saturated heterocycles. The van der Waals surface area contributed by atoms with E-state index in [4.69, 9.17) is 9.47 Å². The maximum Gasteiger partial charge on any atom is 0.304 e. The number of aliphatic carboxylic acids is 1. The van der Waals surface area contributed by atoms with Crippen molar-refractivity contribution < 1.29 is 24.2 Å². The zero-order chi connectivity index (χ0) is 25.4. The van der Waals surface area contributed by atoms with Gasteiger partial charge in [0.15, 0.2) is 11.5 Å². The number of carboxylic acids is 1. The molecule has 0 spiro atoms. The Balaban J connectivity index is 1.46. The lowest BCUT2D eigenvalue weighted by atomic mass is 9.83. The van der Waals surface area contributed by atoms with Crippen LogP contribution in [-0.2, 0) is 17.8 Å². The minimum absolute atomic E-state index is 0.0268. The number of nitrogens with zero attached hydrogens (tertiary/aromatic N) is 1. The third kappa shape index (κ3) is 4.68. The van der Waals surface area contributed by atoms with Crippen molar-refractivity contribution in [1.29, 1.82) is 0 Å². The predicted molar refractivity (Wildman–Crippen MR) is 137 cm³/mol. The van der Waals surface area contributed by atoms with Gasteiger partial charge in [0.2, 0.25) is 0 Å². The highest BCUT2D eigenvalue weighted by Crippen LogP contribution is 2.39. The van der Waals surface area contributed by atoms with Crippen LogP contribution >= 0.6 is 0 Å². The van der Waals surface area contributed by atoms with Gasteiger partial charge in [0.05, 0.1) is 6.42 Å². The molecule has 3 aromatic carbocycles. The molecule has 0 saturated carbocycles. The lowest BCUT2D eigenvalue weighted by Crippen LogP contribution is -2.36. The van der Waals surface area contributed by atoms with Crippen molar-refractivity contribution in [2.75, 3.05) is 19.8 Å². The van der Waals surface area contributed by atoms with Gasteiger partial charge in [-0.1, -0.05) is 24.3 Å². The SMILES string of the molecule is Cc1ccc(C(=O)N2CCc3ccc([C@H](CC(=O)O)c4cc5c(cc4C)OCCO5)cc3C2)cc1C. The molecule has 5 rings (SSSR count). The number of aryl methyl sites for hydroxylation is 3. The molecule has 36 heavy (non-hydrogen) atoms. The third-order valence-corrected chi connectivity index (χ3v) is 7.37. The molecule has 0 unspecified atom stereocenters. The van der Waals surface area contributed by atoms with Crippen molar-refractivity contribution in [3.8, 4) is 11.5 Å². The van der Waals surface area contributed by atoms with Crippen LogP contribution in [0.3, 0.4) is 0 Å². The summed E-state index contributed by atoms with van der Waals surface area (Å²) in [6.45, 7) is 8.19. The van der Waals surface area contributed by atoms with Crippen LogP contribution in [0.2, 0.25) is 0 Å². The number of carboxylic acid groups (broad SMARTS) is 1. The summed E-state index contributed by atoms with van der Waals surface area (Å²) in [5.74, 6) is 0.176. The molecule has 1 amide bonds. The molecule has 0 aliphatic carbocycles. The number of rotatable bonds is 5. The Labute approximate surface area is 211 Å². The van der Waals surface area contributed by atoms with Crippen LogP contribution < -0.4 is 9.47 Å². The molecule has 1 N–H and O–H groups in total. The van der Waals surface area contributed by atoms with E-state index in [-0.39, 0.29) is 18.2 Å². The molecule has 0 aromatic heterocycles. The molecule has 0 bridgehead atoms. The number of carbonyl (C=O) groups is 2. The van der Waals surface area contributed by atoms with E-state index >= 15 is 0 Å². The van der Waals surface area contributed by atoms with Crippen molar-refractivity contribution in [2.45, 2.75) is 46.1 Å². The van der Waals surface area contributed by atoms with E-state index in [1.807, 2.05) is 62.1 Å². The summed E-state index contributed by atoms with van der Waals surface area (Å²) in [7, 11) is 0. The number of amides is 1. The van der Waals surface area contributed by atoms with Crippen molar-refractivity contribution in [3.63, 3.8) is 0 Å². The number of carbonyl (C=O) groups excluding carboxylic acids is 1. The summed E-state index contributed by atoms with van der Waals surface area (Å²) < 4.78 is 11.5. The molecular formula is C30H31NO5. The van der Waals surface area contributed by atoms with Gasteiger partial charge in [-0.3, -0.25) is 9.59 Å². The smallest absolute Gasteiger partial charge is 0.304 e. The number of ether oxygens (including phenoxy) is 2. The van der Waals surface area contributed by atoms with Gasteiger partial charge in [-0.2, -0.15) is 0 Å². The summed E-state index contributed by atoms with van der Waals surface area (Å²) in [5, 5.41) is 9.75. The first kappa shape index (κ1) is 23.9. The summed E-state index contributed by atoms with van der Waals surface area (Å²) >= 11 is 0. The highest BCUT2D eigenvalue weighted by atomic mass is 16.6. The van der Waals surface area contributed by atoms with Crippen LogP contribution in [0.5, 0.6) is 11.5 Å². The molecule has 2 aliphatic heterocycles. The van der Waals surface area contributed by atoms with Crippen LogP contribution in [0.1, 0.15) is 61.6 Å². The normalized spacial score (nSPS) is 15.2. The summed E-state index contributed by atoms with van der Waals surface area (Å²) in [6, 6.07) is 15.9. The summed E-state index contributed by atoms with van der Waals surface area (Å²) in [6.07, 6.45) is 0.739. The summed E-state index contributed by atoms with van der Waals surface area (Å²) in [5.41, 5.74) is 8.06. The van der Waals surface area contributed by atoms with Gasteiger partial charge in [0, 0.05) is 24.6 Å². The molecule has 0 radical (unpaired) electrons. The maximum absolute atomic E-state index is 13.3. The van der Waals surface area contributed by atoms with Crippen LogP contribution in [0, 0.1) is 20.8 Å². The number of hydrogen-bond donors (Lipinski definition) is 1. The second kappa shape index (κ2) is 9.69. The average Bonchev–Trinajstić information content (AvgIpc) is 2.87. The van der Waals surface area contributed by atoms with E-state index < -0.39 is 5.97 Å². The molecule has 6 nitrogen and oxygen atoms in total. The fourth-order valence-corrected chi connectivity index (χ4v) is 5.19. The van der Waals surface area contributed by atoms with Crippen LogP contribution in [0.4, 0.5) is 0 Å². The Morgan fingerprint density at radius 3 is 2.36 bits per heavy atom. The fraction of sp³-hybridized carbons (Fsp3) is 0.333. The second-order valence-electron chi connectivity index (χ2n) is 9.81. The Morgan fingerprint density at radius 2 is 1.64 bits per heavy atom. The molecule has 2 aliphatic rings. The van der Waals surface area contributed by atoms with Gasteiger partial charge in [-0.25, -0.2) is 0 Å². The molecular weight excluding hydrogens is 454 g/mol. The van der Waals surface area contributed by atoms with Gasteiger partial charge in [-0.15, -0.1) is 0 Å². The topological polar surface area (TPSA) is 76.1 Å². The van der Waals surface area contributed by atoms with Gasteiger partial charge >= 0.3 is 5.97 Å². The quantitative estimate of drug-likeness (QED) is 0.538. The predicted octanol–water partition coefficient (Wildman–Crippen LogP) is 5.19. The van der Waals surface area contributed by atoms with E-state index in [1.165, 1.54) is 11.1 Å². The zero-order valence-corrected chi connectivity index (χ0v) is 21.0. The lowest BCUT2D eigenvalue weighted by molar-refractivity contribution is -0.137. The second-order valence-corrected chi connectivity index (χ2v) is 9.81. The highest BCUT2D eigenvalue weighted by Gasteiger charge is 2.27. The number of hydrogen-bond acceptors (Lipinski definition) is 4. The lowest BCUT2D eigenvalue weighted by Gasteiger charge is -2.30. The Morgan fingerprint density at radius 1 is 0.889 bits per heavy atom. The van der Waals surface area contributed by atoms with E-state index in [9.17, 15) is 14.7 Å². The molecule has 2 heterocycles. The van der Waals surface area contributed by atoms with Crippen molar-refractivity contribution in [2.24, 2.45) is 0 Å². The van der Waals surface area contributed by atoms with E-state index in [0.29, 0.717) is 43.4 Å². The van der Waals surface area contributed by atoms with Gasteiger partial charge < -0.3 is 19.5 Å². The molecule has 1 atom stereocenters. The van der Waals surface area contributed by atoms with Crippen molar-refractivity contribution in [1.82, 2.24) is 4.90 Å². The average molecular weight is 486 g/mol. The van der Waals surface area contributed by atoms with Crippen molar-refractivity contribution >= 4 is 11.9 Å². The van der Waals surface area contributed by atoms with Crippen LogP contribution in [0.15, 0.2) is 48.5 Å². The fourth-order valence-electron chi connectivity index (χ4n) is 5.19. The minimum Gasteiger partial charge on any atom is -0.486 e. The summed E-state index contributed by atoms with van der Waals surface area (Å²) in [4.78, 5) is 27.0. The monoisotopic (exact) mass is 485 g/mol. The molecule has 3 aromatic rings. The van der Waals surface area contributed by atoms with E-state index in [1.54, 1.807) is 0 Å². The minimum atomic E-state index is -0.862. The van der Waals surface area contributed by atoms with E-state index in [2.05, 4.69) is 12.1 Å². The first-order valence-electron chi connectivity index (χ1n) is 12.4.